The van der Waals surface area contributed by atoms with E-state index in [1.807, 2.05) is 0 Å². The Hall–Kier alpha value is -1.63. The molecule has 0 rings (SSSR count). The van der Waals surface area contributed by atoms with E-state index in [0.29, 0.717) is 6.42 Å². The van der Waals surface area contributed by atoms with Gasteiger partial charge in [0.2, 0.25) is 5.91 Å². The first-order valence-electron chi connectivity index (χ1n) is 10.6. The largest absolute Gasteiger partial charge is 0.463 e. The number of esters is 2. The lowest BCUT2D eigenvalue weighted by molar-refractivity contribution is -0.154. The number of hydrogen-bond acceptors (Lipinski definition) is 6. The highest BCUT2D eigenvalue weighted by Crippen LogP contribution is 2.11. The summed E-state index contributed by atoms with van der Waals surface area (Å²) in [4.78, 5) is 34.1. The van der Waals surface area contributed by atoms with Crippen LogP contribution in [0.1, 0.15) is 91.4 Å². The van der Waals surface area contributed by atoms with Crippen LogP contribution in [0.15, 0.2) is 0 Å². The van der Waals surface area contributed by atoms with Crippen LogP contribution < -0.4 is 5.32 Å². The summed E-state index contributed by atoms with van der Waals surface area (Å²) in [5.74, 6) is -1.34. The maximum atomic E-state index is 11.7. The molecule has 2 N–H and O–H groups in total. The topological polar surface area (TPSA) is 102 Å². The van der Waals surface area contributed by atoms with Crippen molar-refractivity contribution in [3.8, 4) is 0 Å². The molecule has 7 heteroatoms. The van der Waals surface area contributed by atoms with Crippen LogP contribution in [0.25, 0.3) is 0 Å². The highest BCUT2D eigenvalue weighted by atomic mass is 16.6. The maximum Gasteiger partial charge on any atom is 0.328 e. The Labute approximate surface area is 169 Å². The van der Waals surface area contributed by atoms with Gasteiger partial charge < -0.3 is 19.9 Å². The van der Waals surface area contributed by atoms with Gasteiger partial charge in [-0.1, -0.05) is 64.7 Å². The van der Waals surface area contributed by atoms with E-state index in [0.717, 1.165) is 19.3 Å². The van der Waals surface area contributed by atoms with Gasteiger partial charge in [0.05, 0.1) is 0 Å². The molecule has 0 aliphatic rings. The number of carbonyl (C=O) groups is 3. The average Bonchev–Trinajstić information content (AvgIpc) is 2.65. The fourth-order valence-corrected chi connectivity index (χ4v) is 2.73. The van der Waals surface area contributed by atoms with Gasteiger partial charge in [0, 0.05) is 13.3 Å². The molecule has 28 heavy (non-hydrogen) atoms. The van der Waals surface area contributed by atoms with Crippen LogP contribution in [0.2, 0.25) is 0 Å². The van der Waals surface area contributed by atoms with Crippen molar-refractivity contribution in [2.45, 2.75) is 104 Å². The molecular weight excluding hydrogens is 362 g/mol. The van der Waals surface area contributed by atoms with Crippen molar-refractivity contribution in [2.24, 2.45) is 0 Å². The van der Waals surface area contributed by atoms with Gasteiger partial charge in [-0.15, -0.1) is 0 Å². The Morgan fingerprint density at radius 2 is 1.36 bits per heavy atom. The zero-order chi connectivity index (χ0) is 21.2. The van der Waals surface area contributed by atoms with Crippen molar-refractivity contribution in [3.05, 3.63) is 0 Å². The summed E-state index contributed by atoms with van der Waals surface area (Å²) in [6, 6.07) is -0.788. The standard InChI is InChI=1S/C21H39NO6/c1-4-5-6-7-8-9-10-11-12-13-14-20(25)27-15-19(24)16-28-21(26)17(2)22-18(3)23/h17,19,24H,4-16H2,1-3H3,(H,22,23)/t17-,19?/m0/s1. The highest BCUT2D eigenvalue weighted by Gasteiger charge is 2.17. The van der Waals surface area contributed by atoms with Crippen LogP contribution in [0, 0.1) is 0 Å². The first-order chi connectivity index (χ1) is 13.4. The number of rotatable bonds is 17. The minimum atomic E-state index is -1.08. The lowest BCUT2D eigenvalue weighted by atomic mass is 10.1. The van der Waals surface area contributed by atoms with Crippen molar-refractivity contribution in [2.75, 3.05) is 13.2 Å². The molecule has 0 aliphatic heterocycles. The molecule has 1 unspecified atom stereocenters. The molecule has 0 aliphatic carbocycles. The minimum absolute atomic E-state index is 0.210. The molecule has 0 heterocycles. The molecule has 0 aromatic carbocycles. The van der Waals surface area contributed by atoms with Gasteiger partial charge in [-0.05, 0) is 13.3 Å². The second-order valence-corrected chi connectivity index (χ2v) is 7.32. The molecule has 0 spiro atoms. The molecule has 0 saturated carbocycles. The predicted molar refractivity (Wildman–Crippen MR) is 108 cm³/mol. The van der Waals surface area contributed by atoms with Gasteiger partial charge in [0.1, 0.15) is 25.4 Å². The summed E-state index contributed by atoms with van der Waals surface area (Å²) in [7, 11) is 0. The predicted octanol–water partition coefficient (Wildman–Crippen LogP) is 3.27. The number of unbranched alkanes of at least 4 members (excludes halogenated alkanes) is 9. The summed E-state index contributed by atoms with van der Waals surface area (Å²) in [5.41, 5.74) is 0. The van der Waals surface area contributed by atoms with E-state index < -0.39 is 18.1 Å². The number of nitrogens with one attached hydrogen (secondary N) is 1. The zero-order valence-corrected chi connectivity index (χ0v) is 17.8. The third-order valence-corrected chi connectivity index (χ3v) is 4.36. The van der Waals surface area contributed by atoms with Gasteiger partial charge in [0.25, 0.3) is 0 Å². The van der Waals surface area contributed by atoms with Gasteiger partial charge in [-0.3, -0.25) is 9.59 Å². The molecule has 0 aromatic rings. The van der Waals surface area contributed by atoms with E-state index in [1.54, 1.807) is 0 Å². The van der Waals surface area contributed by atoms with E-state index in [9.17, 15) is 19.5 Å². The van der Waals surface area contributed by atoms with Gasteiger partial charge >= 0.3 is 11.9 Å². The van der Waals surface area contributed by atoms with Crippen molar-refractivity contribution >= 4 is 17.8 Å². The molecule has 164 valence electrons. The van der Waals surface area contributed by atoms with E-state index in [2.05, 4.69) is 12.2 Å². The number of aliphatic hydroxyl groups is 1. The Morgan fingerprint density at radius 3 is 1.89 bits per heavy atom. The fraction of sp³-hybridized carbons (Fsp3) is 0.857. The molecular formula is C21H39NO6. The van der Waals surface area contributed by atoms with E-state index in [1.165, 1.54) is 58.8 Å². The molecule has 7 nitrogen and oxygen atoms in total. The van der Waals surface area contributed by atoms with Crippen LogP contribution in [-0.2, 0) is 23.9 Å². The van der Waals surface area contributed by atoms with E-state index in [-0.39, 0.29) is 25.1 Å². The Morgan fingerprint density at radius 1 is 0.857 bits per heavy atom. The van der Waals surface area contributed by atoms with Crippen LogP contribution in [0.3, 0.4) is 0 Å². The monoisotopic (exact) mass is 401 g/mol. The van der Waals surface area contributed by atoms with Crippen molar-refractivity contribution in [1.82, 2.24) is 5.32 Å². The first-order valence-corrected chi connectivity index (χ1v) is 10.6. The normalized spacial score (nSPS) is 12.9. The molecule has 0 radical (unpaired) electrons. The number of amides is 1. The van der Waals surface area contributed by atoms with Gasteiger partial charge in [-0.2, -0.15) is 0 Å². The quantitative estimate of drug-likeness (QED) is 0.286. The lowest BCUT2D eigenvalue weighted by Crippen LogP contribution is -2.39. The van der Waals surface area contributed by atoms with Crippen LogP contribution in [-0.4, -0.2) is 48.3 Å². The highest BCUT2D eigenvalue weighted by molar-refractivity contribution is 5.82. The van der Waals surface area contributed by atoms with Crippen molar-refractivity contribution < 1.29 is 29.0 Å². The number of ether oxygens (including phenoxy) is 2. The maximum absolute atomic E-state index is 11.7. The third-order valence-electron chi connectivity index (χ3n) is 4.36. The Bertz CT molecular complexity index is 441. The number of carbonyl (C=O) groups excluding carboxylic acids is 3. The molecule has 0 aromatic heterocycles. The lowest BCUT2D eigenvalue weighted by Gasteiger charge is -2.15. The fourth-order valence-electron chi connectivity index (χ4n) is 2.73. The summed E-state index contributed by atoms with van der Waals surface area (Å²) < 4.78 is 9.86. The Kier molecular flexibility index (Phi) is 16.5. The smallest absolute Gasteiger partial charge is 0.328 e. The summed E-state index contributed by atoms with van der Waals surface area (Å²) in [6.45, 7) is 4.51. The number of aliphatic hydroxyl groups excluding tert-OH is 1. The second-order valence-electron chi connectivity index (χ2n) is 7.32. The Balaban J connectivity index is 3.57. The molecule has 1 amide bonds. The van der Waals surface area contributed by atoms with Crippen molar-refractivity contribution in [1.29, 1.82) is 0 Å². The van der Waals surface area contributed by atoms with Gasteiger partial charge in [0.15, 0.2) is 0 Å². The number of hydrogen-bond donors (Lipinski definition) is 2. The van der Waals surface area contributed by atoms with Crippen LogP contribution >= 0.6 is 0 Å². The second kappa shape index (κ2) is 17.5. The van der Waals surface area contributed by atoms with E-state index >= 15 is 0 Å². The molecule has 0 fully saturated rings. The average molecular weight is 402 g/mol. The minimum Gasteiger partial charge on any atom is -0.463 e. The van der Waals surface area contributed by atoms with Gasteiger partial charge in [-0.25, -0.2) is 4.79 Å². The summed E-state index contributed by atoms with van der Waals surface area (Å²) in [6.07, 6.45) is 11.2. The van der Waals surface area contributed by atoms with E-state index in [4.69, 9.17) is 9.47 Å². The molecule has 2 atom stereocenters. The van der Waals surface area contributed by atoms with Crippen molar-refractivity contribution in [3.63, 3.8) is 0 Å². The van der Waals surface area contributed by atoms with Crippen LogP contribution in [0.5, 0.6) is 0 Å². The molecule has 0 saturated heterocycles. The molecule has 0 bridgehead atoms. The zero-order valence-electron chi connectivity index (χ0n) is 17.8. The van der Waals surface area contributed by atoms with Crippen LogP contribution in [0.4, 0.5) is 0 Å². The first kappa shape index (κ1) is 26.4. The third kappa shape index (κ3) is 16.5. The summed E-state index contributed by atoms with van der Waals surface area (Å²) in [5, 5.41) is 12.1. The SMILES string of the molecule is CCCCCCCCCCCCC(=O)OCC(O)COC(=O)[C@H](C)NC(C)=O. The summed E-state index contributed by atoms with van der Waals surface area (Å²) >= 11 is 0.